The Morgan fingerprint density at radius 1 is 1.24 bits per heavy atom. The minimum atomic E-state index is 0.101. The Hall–Kier alpha value is -2.08. The number of halogens is 1. The third-order valence-corrected chi connectivity index (χ3v) is 2.79. The van der Waals surface area contributed by atoms with Gasteiger partial charge < -0.3 is 14.8 Å². The second-order valence-electron chi connectivity index (χ2n) is 4.28. The van der Waals surface area contributed by atoms with E-state index in [9.17, 15) is 0 Å². The maximum atomic E-state index is 5.86. The fourth-order valence-corrected chi connectivity index (χ4v) is 1.77. The lowest BCUT2D eigenvalue weighted by Gasteiger charge is -2.08. The van der Waals surface area contributed by atoms with Crippen molar-refractivity contribution in [3.63, 3.8) is 0 Å². The van der Waals surface area contributed by atoms with Crippen LogP contribution in [0, 0.1) is 0 Å². The largest absolute Gasteiger partial charge is 0.497 e. The van der Waals surface area contributed by atoms with Crippen molar-refractivity contribution in [2.45, 2.75) is 20.0 Å². The predicted octanol–water partition coefficient (Wildman–Crippen LogP) is 2.93. The molecule has 2 aromatic rings. The molecule has 0 amide bonds. The third kappa shape index (κ3) is 4.75. The molecule has 1 N–H and O–H groups in total. The number of nitrogens with zero attached hydrogens (tertiary/aromatic N) is 3. The van der Waals surface area contributed by atoms with Crippen LogP contribution in [0.4, 0.5) is 5.95 Å². The Labute approximate surface area is 128 Å². The number of anilines is 1. The fraction of sp³-hybridized carbons (Fsp3) is 0.357. The maximum absolute atomic E-state index is 5.86. The Kier molecular flexibility index (Phi) is 5.57. The lowest BCUT2D eigenvalue weighted by molar-refractivity contribution is 0.279. The van der Waals surface area contributed by atoms with Crippen molar-refractivity contribution >= 4 is 17.5 Å². The molecule has 1 heterocycles. The first-order valence-electron chi connectivity index (χ1n) is 6.62. The Balaban J connectivity index is 2.03. The molecule has 1 aromatic heterocycles. The zero-order valence-corrected chi connectivity index (χ0v) is 12.7. The van der Waals surface area contributed by atoms with E-state index in [0.717, 1.165) is 24.3 Å². The van der Waals surface area contributed by atoms with Crippen molar-refractivity contribution in [1.29, 1.82) is 0 Å². The molecular weight excluding hydrogens is 292 g/mol. The van der Waals surface area contributed by atoms with Gasteiger partial charge in [-0.15, -0.1) is 0 Å². The van der Waals surface area contributed by atoms with Crippen molar-refractivity contribution < 1.29 is 9.47 Å². The van der Waals surface area contributed by atoms with Gasteiger partial charge in [-0.2, -0.15) is 15.0 Å². The normalized spacial score (nSPS) is 10.2. The van der Waals surface area contributed by atoms with Gasteiger partial charge in [-0.05, 0) is 35.7 Å². The van der Waals surface area contributed by atoms with Crippen LogP contribution in [0.25, 0.3) is 0 Å². The molecular formula is C14H17ClN4O2. The molecule has 0 saturated carbocycles. The van der Waals surface area contributed by atoms with Gasteiger partial charge in [-0.3, -0.25) is 0 Å². The lowest BCUT2D eigenvalue weighted by atomic mass is 10.2. The van der Waals surface area contributed by atoms with Crippen molar-refractivity contribution in [2.24, 2.45) is 0 Å². The first kappa shape index (κ1) is 15.3. The highest BCUT2D eigenvalue weighted by atomic mass is 35.5. The SMILES string of the molecule is CCCNc1nc(Cl)nc(OCc2cccc(OC)c2)n1. The molecule has 0 aliphatic heterocycles. The standard InChI is InChI=1S/C14H17ClN4O2/c1-3-7-16-13-17-12(15)18-14(19-13)21-9-10-5-4-6-11(8-10)20-2/h4-6,8H,3,7,9H2,1-2H3,(H,16,17,18,19). The van der Waals surface area contributed by atoms with Crippen molar-refractivity contribution in [3.05, 3.63) is 35.1 Å². The van der Waals surface area contributed by atoms with Crippen LogP contribution < -0.4 is 14.8 Å². The van der Waals surface area contributed by atoms with E-state index in [1.165, 1.54) is 0 Å². The van der Waals surface area contributed by atoms with Crippen LogP contribution in [0.15, 0.2) is 24.3 Å². The zero-order chi connectivity index (χ0) is 15.1. The van der Waals surface area contributed by atoms with Crippen molar-refractivity contribution in [3.8, 4) is 11.8 Å². The van der Waals surface area contributed by atoms with Gasteiger partial charge in [0.15, 0.2) is 0 Å². The number of nitrogens with one attached hydrogen (secondary N) is 1. The summed E-state index contributed by atoms with van der Waals surface area (Å²) in [6, 6.07) is 7.78. The van der Waals surface area contributed by atoms with Gasteiger partial charge in [-0.1, -0.05) is 19.1 Å². The highest BCUT2D eigenvalue weighted by molar-refractivity contribution is 6.28. The van der Waals surface area contributed by atoms with Gasteiger partial charge in [0.05, 0.1) is 7.11 Å². The molecule has 0 unspecified atom stereocenters. The van der Waals surface area contributed by atoms with Crippen LogP contribution in [0.5, 0.6) is 11.8 Å². The van der Waals surface area contributed by atoms with Gasteiger partial charge in [0.2, 0.25) is 11.2 Å². The quantitative estimate of drug-likeness (QED) is 0.848. The maximum Gasteiger partial charge on any atom is 0.322 e. The Morgan fingerprint density at radius 3 is 2.86 bits per heavy atom. The van der Waals surface area contributed by atoms with Gasteiger partial charge in [0.1, 0.15) is 12.4 Å². The molecule has 7 heteroatoms. The molecule has 1 aromatic carbocycles. The van der Waals surface area contributed by atoms with Crippen LogP contribution in [-0.2, 0) is 6.61 Å². The summed E-state index contributed by atoms with van der Waals surface area (Å²) >= 11 is 5.86. The summed E-state index contributed by atoms with van der Waals surface area (Å²) in [5.74, 6) is 1.19. The first-order valence-corrected chi connectivity index (χ1v) is 7.00. The van der Waals surface area contributed by atoms with Gasteiger partial charge in [-0.25, -0.2) is 0 Å². The second kappa shape index (κ2) is 7.64. The molecule has 0 bridgehead atoms. The molecule has 6 nitrogen and oxygen atoms in total. The van der Waals surface area contributed by atoms with Crippen LogP contribution in [0.3, 0.4) is 0 Å². The molecule has 0 saturated heterocycles. The van der Waals surface area contributed by atoms with E-state index in [0.29, 0.717) is 12.6 Å². The summed E-state index contributed by atoms with van der Waals surface area (Å²) in [6.07, 6.45) is 0.962. The fourth-order valence-electron chi connectivity index (χ4n) is 1.62. The zero-order valence-electron chi connectivity index (χ0n) is 12.0. The number of benzene rings is 1. The van der Waals surface area contributed by atoms with Crippen LogP contribution in [-0.4, -0.2) is 28.6 Å². The molecule has 0 atom stereocenters. The first-order chi connectivity index (χ1) is 10.2. The minimum Gasteiger partial charge on any atom is -0.497 e. The van der Waals surface area contributed by atoms with E-state index in [4.69, 9.17) is 21.1 Å². The summed E-state index contributed by atoms with van der Waals surface area (Å²) in [6.45, 7) is 3.14. The van der Waals surface area contributed by atoms with E-state index >= 15 is 0 Å². The smallest absolute Gasteiger partial charge is 0.322 e. The summed E-state index contributed by atoms with van der Waals surface area (Å²) < 4.78 is 10.7. The topological polar surface area (TPSA) is 69.2 Å². The van der Waals surface area contributed by atoms with E-state index in [1.54, 1.807) is 7.11 Å². The van der Waals surface area contributed by atoms with Gasteiger partial charge in [0, 0.05) is 6.54 Å². The van der Waals surface area contributed by atoms with E-state index in [-0.39, 0.29) is 11.3 Å². The Bertz CT molecular complexity index is 595. The lowest BCUT2D eigenvalue weighted by Crippen LogP contribution is -2.08. The monoisotopic (exact) mass is 308 g/mol. The third-order valence-electron chi connectivity index (χ3n) is 2.62. The van der Waals surface area contributed by atoms with Crippen molar-refractivity contribution in [1.82, 2.24) is 15.0 Å². The molecule has 112 valence electrons. The highest BCUT2D eigenvalue weighted by Crippen LogP contribution is 2.16. The van der Waals surface area contributed by atoms with Crippen LogP contribution in [0.1, 0.15) is 18.9 Å². The highest BCUT2D eigenvalue weighted by Gasteiger charge is 2.06. The average molecular weight is 309 g/mol. The Morgan fingerprint density at radius 2 is 2.10 bits per heavy atom. The molecule has 0 aliphatic carbocycles. The molecule has 0 radical (unpaired) electrons. The summed E-state index contributed by atoms with van der Waals surface area (Å²) in [5.41, 5.74) is 0.953. The molecule has 0 aliphatic rings. The van der Waals surface area contributed by atoms with E-state index in [2.05, 4.69) is 27.2 Å². The number of aromatic nitrogens is 3. The number of ether oxygens (including phenoxy) is 2. The second-order valence-corrected chi connectivity index (χ2v) is 4.62. The average Bonchev–Trinajstić information content (AvgIpc) is 2.50. The van der Waals surface area contributed by atoms with Crippen LogP contribution in [0.2, 0.25) is 5.28 Å². The number of methoxy groups -OCH3 is 1. The summed E-state index contributed by atoms with van der Waals surface area (Å²) in [5, 5.41) is 3.15. The summed E-state index contributed by atoms with van der Waals surface area (Å²) in [4.78, 5) is 12.1. The molecule has 0 spiro atoms. The predicted molar refractivity (Wildman–Crippen MR) is 80.9 cm³/mol. The van der Waals surface area contributed by atoms with Crippen LogP contribution >= 0.6 is 11.6 Å². The number of hydrogen-bond donors (Lipinski definition) is 1. The van der Waals surface area contributed by atoms with E-state index < -0.39 is 0 Å². The van der Waals surface area contributed by atoms with E-state index in [1.807, 2.05) is 24.3 Å². The number of rotatable bonds is 7. The molecule has 0 fully saturated rings. The summed E-state index contributed by atoms with van der Waals surface area (Å²) in [7, 11) is 1.62. The molecule has 2 rings (SSSR count). The van der Waals surface area contributed by atoms with Gasteiger partial charge in [0.25, 0.3) is 0 Å². The number of hydrogen-bond acceptors (Lipinski definition) is 6. The minimum absolute atomic E-state index is 0.101. The van der Waals surface area contributed by atoms with Gasteiger partial charge >= 0.3 is 6.01 Å². The van der Waals surface area contributed by atoms with Crippen molar-refractivity contribution in [2.75, 3.05) is 19.0 Å². The molecule has 21 heavy (non-hydrogen) atoms.